The van der Waals surface area contributed by atoms with Crippen molar-refractivity contribution in [1.29, 1.82) is 0 Å². The van der Waals surface area contributed by atoms with Crippen LogP contribution >= 0.6 is 0 Å². The van der Waals surface area contributed by atoms with Gasteiger partial charge >= 0.3 is 11.9 Å². The van der Waals surface area contributed by atoms with E-state index in [1.54, 1.807) is 6.92 Å². The Morgan fingerprint density at radius 1 is 0.826 bits per heavy atom. The fraction of sp³-hybridized carbons (Fsp3) is 0.263. The summed E-state index contributed by atoms with van der Waals surface area (Å²) in [5, 5.41) is 0. The van der Waals surface area contributed by atoms with Crippen LogP contribution in [-0.4, -0.2) is 18.2 Å². The third-order valence-electron chi connectivity index (χ3n) is 3.49. The van der Waals surface area contributed by atoms with Crippen molar-refractivity contribution in [1.82, 2.24) is 0 Å². The zero-order chi connectivity index (χ0) is 16.8. The van der Waals surface area contributed by atoms with E-state index in [0.29, 0.717) is 0 Å². The molecule has 2 aromatic carbocycles. The maximum atomic E-state index is 12.1. The van der Waals surface area contributed by atoms with Crippen molar-refractivity contribution >= 4 is 11.9 Å². The van der Waals surface area contributed by atoms with Gasteiger partial charge in [0.2, 0.25) is 6.29 Å². The van der Waals surface area contributed by atoms with Gasteiger partial charge in [0.25, 0.3) is 0 Å². The van der Waals surface area contributed by atoms with Gasteiger partial charge in [-0.1, -0.05) is 54.6 Å². The van der Waals surface area contributed by atoms with Crippen LogP contribution in [0.15, 0.2) is 54.6 Å². The Labute approximate surface area is 136 Å². The number of carbonyl (C=O) groups excluding carboxylic acids is 2. The fourth-order valence-corrected chi connectivity index (χ4v) is 2.25. The van der Waals surface area contributed by atoms with Gasteiger partial charge in [-0.05, 0) is 23.6 Å². The summed E-state index contributed by atoms with van der Waals surface area (Å²) in [6, 6.07) is 17.8. The second kappa shape index (κ2) is 7.58. The molecule has 0 bridgehead atoms. The minimum absolute atomic E-state index is 0.425. The lowest BCUT2D eigenvalue weighted by atomic mass is 9.97. The van der Waals surface area contributed by atoms with Gasteiger partial charge in [0.1, 0.15) is 0 Å². The predicted molar refractivity (Wildman–Crippen MR) is 87.6 cm³/mol. The summed E-state index contributed by atoms with van der Waals surface area (Å²) in [4.78, 5) is 22.9. The molecule has 2 rings (SSSR count). The average Bonchev–Trinajstić information content (AvgIpc) is 2.54. The largest absolute Gasteiger partial charge is 0.426 e. The second-order valence-electron chi connectivity index (χ2n) is 5.32. The smallest absolute Gasteiger partial charge is 0.316 e. The summed E-state index contributed by atoms with van der Waals surface area (Å²) < 4.78 is 9.91. The predicted octanol–water partition coefficient (Wildman–Crippen LogP) is 3.91. The van der Waals surface area contributed by atoms with Crippen LogP contribution in [0.25, 0.3) is 11.1 Å². The molecule has 2 atom stereocenters. The first-order valence-corrected chi connectivity index (χ1v) is 7.50. The molecule has 4 nitrogen and oxygen atoms in total. The van der Waals surface area contributed by atoms with Gasteiger partial charge in [-0.2, -0.15) is 0 Å². The van der Waals surface area contributed by atoms with E-state index in [1.807, 2.05) is 54.6 Å². The number of hydrogen-bond donors (Lipinski definition) is 0. The normalized spacial score (nSPS) is 13.0. The summed E-state index contributed by atoms with van der Waals surface area (Å²) in [7, 11) is 0. The first-order valence-electron chi connectivity index (χ1n) is 7.50. The van der Waals surface area contributed by atoms with Gasteiger partial charge in [-0.15, -0.1) is 0 Å². The first kappa shape index (κ1) is 16.7. The minimum Gasteiger partial charge on any atom is -0.426 e. The standard InChI is InChI=1S/C19H20O4/c1-13(19(21)23-15(3)22-14(2)20)16-9-11-18(12-10-16)17-7-5-4-6-8-17/h4-13,15H,1-3H3. The van der Waals surface area contributed by atoms with E-state index in [-0.39, 0.29) is 0 Å². The zero-order valence-corrected chi connectivity index (χ0v) is 13.5. The first-order chi connectivity index (χ1) is 11.0. The Hall–Kier alpha value is -2.62. The Morgan fingerprint density at radius 2 is 1.39 bits per heavy atom. The number of carbonyl (C=O) groups is 2. The molecule has 0 amide bonds. The zero-order valence-electron chi connectivity index (χ0n) is 13.5. The monoisotopic (exact) mass is 312 g/mol. The second-order valence-corrected chi connectivity index (χ2v) is 5.32. The summed E-state index contributed by atoms with van der Waals surface area (Å²) in [6.07, 6.45) is -0.883. The molecule has 2 unspecified atom stereocenters. The van der Waals surface area contributed by atoms with Crippen LogP contribution in [0.3, 0.4) is 0 Å². The van der Waals surface area contributed by atoms with Gasteiger partial charge in [0.05, 0.1) is 5.92 Å². The van der Waals surface area contributed by atoms with Crippen LogP contribution in [0.5, 0.6) is 0 Å². The highest BCUT2D eigenvalue weighted by Gasteiger charge is 2.20. The molecule has 0 fully saturated rings. The van der Waals surface area contributed by atoms with E-state index in [9.17, 15) is 9.59 Å². The summed E-state index contributed by atoms with van der Waals surface area (Å²) >= 11 is 0. The SMILES string of the molecule is CC(=O)OC(C)OC(=O)C(C)c1ccc(-c2ccccc2)cc1. The van der Waals surface area contributed by atoms with Crippen molar-refractivity contribution in [3.05, 3.63) is 60.2 Å². The highest BCUT2D eigenvalue weighted by atomic mass is 16.7. The molecular weight excluding hydrogens is 292 g/mol. The van der Waals surface area contributed by atoms with Gasteiger partial charge in [-0.25, -0.2) is 0 Å². The highest BCUT2D eigenvalue weighted by molar-refractivity contribution is 5.78. The van der Waals surface area contributed by atoms with E-state index >= 15 is 0 Å². The molecule has 23 heavy (non-hydrogen) atoms. The van der Waals surface area contributed by atoms with E-state index in [1.165, 1.54) is 13.8 Å². The van der Waals surface area contributed by atoms with Gasteiger partial charge in [0, 0.05) is 13.8 Å². The lowest BCUT2D eigenvalue weighted by molar-refractivity contribution is -0.183. The Bertz CT molecular complexity index is 662. The van der Waals surface area contributed by atoms with Crippen molar-refractivity contribution in [2.45, 2.75) is 33.0 Å². The third-order valence-corrected chi connectivity index (χ3v) is 3.49. The molecule has 0 aliphatic heterocycles. The molecule has 0 aromatic heterocycles. The Kier molecular flexibility index (Phi) is 5.52. The third kappa shape index (κ3) is 4.68. The molecular formula is C19H20O4. The van der Waals surface area contributed by atoms with Gasteiger partial charge in [-0.3, -0.25) is 9.59 Å². The number of rotatable bonds is 5. The van der Waals surface area contributed by atoms with Gasteiger partial charge < -0.3 is 9.47 Å². The van der Waals surface area contributed by atoms with Crippen molar-refractivity contribution in [3.63, 3.8) is 0 Å². The average molecular weight is 312 g/mol. The van der Waals surface area contributed by atoms with Crippen molar-refractivity contribution in [2.24, 2.45) is 0 Å². The molecule has 0 heterocycles. The lowest BCUT2D eigenvalue weighted by Crippen LogP contribution is -2.23. The summed E-state index contributed by atoms with van der Waals surface area (Å²) in [6.45, 7) is 4.56. The van der Waals surface area contributed by atoms with Crippen LogP contribution in [0.4, 0.5) is 0 Å². The van der Waals surface area contributed by atoms with Crippen LogP contribution in [0.1, 0.15) is 32.3 Å². The molecule has 0 radical (unpaired) electrons. The van der Waals surface area contributed by atoms with E-state index in [2.05, 4.69) is 0 Å². The van der Waals surface area contributed by atoms with Crippen LogP contribution in [0.2, 0.25) is 0 Å². The van der Waals surface area contributed by atoms with E-state index in [4.69, 9.17) is 9.47 Å². The van der Waals surface area contributed by atoms with Crippen molar-refractivity contribution in [2.75, 3.05) is 0 Å². The molecule has 0 aliphatic rings. The van der Waals surface area contributed by atoms with Crippen molar-refractivity contribution in [3.8, 4) is 11.1 Å². The number of benzene rings is 2. The molecule has 0 saturated heterocycles. The molecule has 4 heteroatoms. The van der Waals surface area contributed by atoms with E-state index < -0.39 is 24.1 Å². The summed E-state index contributed by atoms with van der Waals surface area (Å²) in [5.74, 6) is -1.34. The lowest BCUT2D eigenvalue weighted by Gasteiger charge is -2.17. The number of esters is 2. The minimum atomic E-state index is -0.883. The van der Waals surface area contributed by atoms with Crippen molar-refractivity contribution < 1.29 is 19.1 Å². The van der Waals surface area contributed by atoms with Gasteiger partial charge in [0.15, 0.2) is 0 Å². The van der Waals surface area contributed by atoms with Crippen LogP contribution < -0.4 is 0 Å². The number of hydrogen-bond acceptors (Lipinski definition) is 4. The molecule has 0 saturated carbocycles. The maximum Gasteiger partial charge on any atom is 0.316 e. The summed E-state index contributed by atoms with van der Waals surface area (Å²) in [5.41, 5.74) is 3.06. The van der Waals surface area contributed by atoms with Crippen LogP contribution in [0, 0.1) is 0 Å². The quantitative estimate of drug-likeness (QED) is 0.620. The molecule has 0 aliphatic carbocycles. The Balaban J connectivity index is 2.04. The maximum absolute atomic E-state index is 12.1. The topological polar surface area (TPSA) is 52.6 Å². The van der Waals surface area contributed by atoms with Crippen LogP contribution in [-0.2, 0) is 19.1 Å². The molecule has 2 aromatic rings. The Morgan fingerprint density at radius 3 is 1.96 bits per heavy atom. The fourth-order valence-electron chi connectivity index (χ4n) is 2.25. The highest BCUT2D eigenvalue weighted by Crippen LogP contribution is 2.23. The molecule has 0 N–H and O–H groups in total. The molecule has 120 valence electrons. The number of ether oxygens (including phenoxy) is 2. The molecule has 0 spiro atoms. The van der Waals surface area contributed by atoms with E-state index in [0.717, 1.165) is 16.7 Å².